The molecule has 2 aromatic carbocycles. The highest BCUT2D eigenvalue weighted by atomic mass is 32.2. The Morgan fingerprint density at radius 3 is 2.50 bits per heavy atom. The van der Waals surface area contributed by atoms with Crippen molar-refractivity contribution < 1.29 is 31.3 Å². The van der Waals surface area contributed by atoms with Crippen molar-refractivity contribution in [3.63, 3.8) is 0 Å². The van der Waals surface area contributed by atoms with E-state index in [4.69, 9.17) is 4.74 Å². The Labute approximate surface area is 194 Å². The van der Waals surface area contributed by atoms with Gasteiger partial charge in [-0.3, -0.25) is 9.11 Å². The van der Waals surface area contributed by atoms with Crippen LogP contribution in [0.2, 0.25) is 0 Å². The predicted octanol–water partition coefficient (Wildman–Crippen LogP) is 3.18. The molecule has 1 fully saturated rings. The molecule has 1 saturated heterocycles. The lowest BCUT2D eigenvalue weighted by atomic mass is 10.1. The molecule has 1 aromatic heterocycles. The van der Waals surface area contributed by atoms with Crippen molar-refractivity contribution in [2.24, 2.45) is 0 Å². The molecule has 1 aliphatic heterocycles. The molecule has 2 heterocycles. The lowest BCUT2D eigenvalue weighted by Crippen LogP contribution is -2.49. The third-order valence-electron chi connectivity index (χ3n) is 5.48. The number of carbonyl (C=O) groups excluding carboxylic acids is 1. The molecular weight excluding hydrogens is 478 g/mol. The lowest BCUT2D eigenvalue weighted by molar-refractivity contribution is -0.140. The van der Waals surface area contributed by atoms with Gasteiger partial charge >= 0.3 is 12.3 Å². The molecule has 0 aliphatic carbocycles. The standard InChI is InChI=1S/C21H21F4N5O3S/c22-17-11-14(1-3-16(17)21(23,24)25)13-33-20(31)30-7-5-29(6-8-30)9-10-34(32)15-2-4-18-19(12-15)27-28-26-18/h1-4,11-12H,5-10,13H2,(H,26,27,28). The number of alkyl halides is 3. The number of hydrogen-bond donors (Lipinski definition) is 1. The fourth-order valence-electron chi connectivity index (χ4n) is 3.56. The van der Waals surface area contributed by atoms with E-state index in [-0.39, 0.29) is 12.2 Å². The van der Waals surface area contributed by atoms with Crippen LogP contribution in [-0.2, 0) is 28.3 Å². The van der Waals surface area contributed by atoms with Gasteiger partial charge in [-0.2, -0.15) is 28.6 Å². The Kier molecular flexibility index (Phi) is 7.12. The van der Waals surface area contributed by atoms with E-state index < -0.39 is 34.4 Å². The number of aromatic amines is 1. The number of fused-ring (bicyclic) bond motifs is 1. The van der Waals surface area contributed by atoms with Crippen molar-refractivity contribution in [3.8, 4) is 0 Å². The van der Waals surface area contributed by atoms with Crippen molar-refractivity contribution in [1.29, 1.82) is 0 Å². The maximum absolute atomic E-state index is 13.7. The lowest BCUT2D eigenvalue weighted by Gasteiger charge is -2.33. The number of hydrogen-bond acceptors (Lipinski definition) is 6. The zero-order valence-electron chi connectivity index (χ0n) is 17.8. The number of rotatable bonds is 6. The van der Waals surface area contributed by atoms with Crippen molar-refractivity contribution in [1.82, 2.24) is 25.2 Å². The highest BCUT2D eigenvalue weighted by molar-refractivity contribution is 7.85. The fraction of sp³-hybridized carbons (Fsp3) is 0.381. The second kappa shape index (κ2) is 10.1. The van der Waals surface area contributed by atoms with Crippen molar-refractivity contribution in [3.05, 3.63) is 53.3 Å². The van der Waals surface area contributed by atoms with Crippen LogP contribution in [0.4, 0.5) is 22.4 Å². The molecule has 1 atom stereocenters. The molecule has 1 amide bonds. The van der Waals surface area contributed by atoms with Crippen LogP contribution in [0.3, 0.4) is 0 Å². The summed E-state index contributed by atoms with van der Waals surface area (Å²) in [5, 5.41) is 10.5. The van der Waals surface area contributed by atoms with Gasteiger partial charge in [0.1, 0.15) is 23.5 Å². The molecule has 0 spiro atoms. The molecule has 1 N–H and O–H groups in total. The Morgan fingerprint density at radius 1 is 1.06 bits per heavy atom. The quantitative estimate of drug-likeness (QED) is 0.524. The summed E-state index contributed by atoms with van der Waals surface area (Å²) in [6.07, 6.45) is -5.40. The molecule has 8 nitrogen and oxygen atoms in total. The Hall–Kier alpha value is -3.06. The molecule has 0 saturated carbocycles. The van der Waals surface area contributed by atoms with Gasteiger partial charge in [-0.25, -0.2) is 9.18 Å². The van der Waals surface area contributed by atoms with Gasteiger partial charge in [0, 0.05) is 43.4 Å². The number of aromatic nitrogens is 3. The van der Waals surface area contributed by atoms with Gasteiger partial charge in [0.25, 0.3) is 0 Å². The Morgan fingerprint density at radius 2 is 1.79 bits per heavy atom. The first-order chi connectivity index (χ1) is 16.2. The van der Waals surface area contributed by atoms with Gasteiger partial charge in [-0.15, -0.1) is 0 Å². The number of carbonyl (C=O) groups is 1. The van der Waals surface area contributed by atoms with Gasteiger partial charge in [0.15, 0.2) is 0 Å². The fourth-order valence-corrected chi connectivity index (χ4v) is 4.68. The molecule has 13 heteroatoms. The van der Waals surface area contributed by atoms with Crippen molar-refractivity contribution >= 4 is 27.9 Å². The van der Waals surface area contributed by atoms with E-state index in [1.54, 1.807) is 18.2 Å². The first-order valence-electron chi connectivity index (χ1n) is 10.4. The monoisotopic (exact) mass is 499 g/mol. The summed E-state index contributed by atoms with van der Waals surface area (Å²) >= 11 is 0. The summed E-state index contributed by atoms with van der Waals surface area (Å²) in [6.45, 7) is 2.14. The van der Waals surface area contributed by atoms with Gasteiger partial charge in [0.2, 0.25) is 0 Å². The molecular formula is C21H21F4N5O3S. The molecule has 182 valence electrons. The summed E-state index contributed by atoms with van der Waals surface area (Å²) < 4.78 is 69.3. The average molecular weight is 499 g/mol. The molecule has 0 bridgehead atoms. The van der Waals surface area contributed by atoms with Crippen LogP contribution in [0, 0.1) is 5.82 Å². The molecule has 1 aliphatic rings. The Balaban J connectivity index is 1.21. The molecule has 3 aromatic rings. The molecule has 1 unspecified atom stereocenters. The number of nitrogens with one attached hydrogen (secondary N) is 1. The number of piperazine rings is 1. The normalized spacial score (nSPS) is 16.1. The smallest absolute Gasteiger partial charge is 0.419 e. The predicted molar refractivity (Wildman–Crippen MR) is 115 cm³/mol. The van der Waals surface area contributed by atoms with Crippen LogP contribution < -0.4 is 0 Å². The Bertz CT molecular complexity index is 1190. The highest BCUT2D eigenvalue weighted by Gasteiger charge is 2.34. The largest absolute Gasteiger partial charge is 0.445 e. The number of halogens is 4. The number of benzene rings is 2. The van der Waals surface area contributed by atoms with Gasteiger partial charge in [-0.05, 0) is 35.9 Å². The second-order valence-electron chi connectivity index (χ2n) is 7.72. The highest BCUT2D eigenvalue weighted by Crippen LogP contribution is 2.31. The SMILES string of the molecule is O=C(OCc1ccc(C(F)(F)F)c(F)c1)N1CCN(CCS(=O)c2ccc3n[nH]nc3c2)CC1. The number of amides is 1. The summed E-state index contributed by atoms with van der Waals surface area (Å²) in [4.78, 5) is 16.5. The first-order valence-corrected chi connectivity index (χ1v) is 11.7. The molecule has 34 heavy (non-hydrogen) atoms. The van der Waals surface area contributed by atoms with Crippen molar-refractivity contribution in [2.75, 3.05) is 38.5 Å². The zero-order chi connectivity index (χ0) is 24.3. The summed E-state index contributed by atoms with van der Waals surface area (Å²) in [7, 11) is -1.21. The summed E-state index contributed by atoms with van der Waals surface area (Å²) in [5.74, 6) is -0.985. The van der Waals surface area contributed by atoms with Crippen molar-refractivity contribution in [2.45, 2.75) is 17.7 Å². The van der Waals surface area contributed by atoms with Crippen LogP contribution in [0.25, 0.3) is 11.0 Å². The van der Waals surface area contributed by atoms with E-state index >= 15 is 0 Å². The minimum atomic E-state index is -4.78. The van der Waals surface area contributed by atoms with Crippen LogP contribution in [0.5, 0.6) is 0 Å². The van der Waals surface area contributed by atoms with E-state index in [1.807, 2.05) is 0 Å². The van der Waals surface area contributed by atoms with E-state index in [1.165, 1.54) is 4.90 Å². The maximum atomic E-state index is 13.7. The number of H-pyrrole nitrogens is 1. The summed E-state index contributed by atoms with van der Waals surface area (Å²) in [5.41, 5.74) is 0.117. The number of ether oxygens (including phenoxy) is 1. The minimum absolute atomic E-state index is 0.128. The van der Waals surface area contributed by atoms with Gasteiger partial charge in [-0.1, -0.05) is 6.07 Å². The third kappa shape index (κ3) is 5.70. The average Bonchev–Trinajstić information content (AvgIpc) is 3.28. The van der Waals surface area contributed by atoms with Gasteiger partial charge in [0.05, 0.1) is 16.4 Å². The molecule has 0 radical (unpaired) electrons. The van der Waals surface area contributed by atoms with Gasteiger partial charge < -0.3 is 9.64 Å². The zero-order valence-corrected chi connectivity index (χ0v) is 18.7. The van der Waals surface area contributed by atoms with Crippen LogP contribution in [-0.4, -0.2) is 74.0 Å². The topological polar surface area (TPSA) is 91.4 Å². The number of nitrogens with zero attached hydrogens (tertiary/aromatic N) is 4. The van der Waals surface area contributed by atoms with E-state index in [9.17, 15) is 26.6 Å². The summed E-state index contributed by atoms with van der Waals surface area (Å²) in [6, 6.07) is 7.69. The van der Waals surface area contributed by atoms with Crippen LogP contribution >= 0.6 is 0 Å². The van der Waals surface area contributed by atoms with E-state index in [0.717, 1.165) is 6.07 Å². The first kappa shape index (κ1) is 24.1. The van der Waals surface area contributed by atoms with Crippen LogP contribution in [0.1, 0.15) is 11.1 Å². The molecule has 4 rings (SSSR count). The van der Waals surface area contributed by atoms with E-state index in [2.05, 4.69) is 20.3 Å². The minimum Gasteiger partial charge on any atom is -0.445 e. The van der Waals surface area contributed by atoms with Crippen LogP contribution in [0.15, 0.2) is 41.3 Å². The third-order valence-corrected chi connectivity index (χ3v) is 6.81. The van der Waals surface area contributed by atoms with E-state index in [0.29, 0.717) is 66.5 Å². The maximum Gasteiger partial charge on any atom is 0.419 e. The second-order valence-corrected chi connectivity index (χ2v) is 9.29.